The van der Waals surface area contributed by atoms with Crippen LogP contribution in [0.5, 0.6) is 0 Å². The van der Waals surface area contributed by atoms with E-state index in [4.69, 9.17) is 5.73 Å². The van der Waals surface area contributed by atoms with Gasteiger partial charge in [-0.2, -0.15) is 0 Å². The Morgan fingerprint density at radius 1 is 1.40 bits per heavy atom. The molecule has 1 saturated heterocycles. The molecule has 1 aromatic rings. The van der Waals surface area contributed by atoms with Crippen molar-refractivity contribution in [3.05, 3.63) is 33.9 Å². The third-order valence-electron chi connectivity index (χ3n) is 4.17. The summed E-state index contributed by atoms with van der Waals surface area (Å²) in [6.07, 6.45) is 5.01. The smallest absolute Gasteiger partial charge is 0.292 e. The van der Waals surface area contributed by atoms with Gasteiger partial charge in [-0.15, -0.1) is 0 Å². The van der Waals surface area contributed by atoms with E-state index in [9.17, 15) is 10.1 Å². The van der Waals surface area contributed by atoms with Crippen molar-refractivity contribution in [2.75, 3.05) is 18.8 Å². The Hall–Kier alpha value is -1.62. The highest BCUT2D eigenvalue weighted by molar-refractivity contribution is 5.62. The standard InChI is InChI=1S/C15H23N3O2/c1-2-4-12-7-9-17(10-8-12)11-13-5-3-6-14(15(13)16)18(19)20/h3,5-6,12H,2,4,7-11,16H2,1H3. The highest BCUT2D eigenvalue weighted by Crippen LogP contribution is 2.28. The minimum Gasteiger partial charge on any atom is -0.393 e. The molecule has 0 aliphatic carbocycles. The first kappa shape index (κ1) is 14.8. The zero-order valence-corrected chi connectivity index (χ0v) is 12.0. The van der Waals surface area contributed by atoms with Gasteiger partial charge in [0.1, 0.15) is 5.69 Å². The van der Waals surface area contributed by atoms with E-state index < -0.39 is 4.92 Å². The molecule has 1 aromatic carbocycles. The molecule has 0 saturated carbocycles. The lowest BCUT2D eigenvalue weighted by Gasteiger charge is -2.32. The topological polar surface area (TPSA) is 72.4 Å². The summed E-state index contributed by atoms with van der Waals surface area (Å²) in [5.41, 5.74) is 7.11. The van der Waals surface area contributed by atoms with Crippen LogP contribution in [0.3, 0.4) is 0 Å². The van der Waals surface area contributed by atoms with E-state index in [-0.39, 0.29) is 5.69 Å². The zero-order chi connectivity index (χ0) is 14.5. The predicted molar refractivity (Wildman–Crippen MR) is 80.4 cm³/mol. The van der Waals surface area contributed by atoms with Crippen molar-refractivity contribution >= 4 is 11.4 Å². The lowest BCUT2D eigenvalue weighted by Crippen LogP contribution is -2.33. The third kappa shape index (κ3) is 3.48. The van der Waals surface area contributed by atoms with Crippen molar-refractivity contribution in [1.82, 2.24) is 4.90 Å². The van der Waals surface area contributed by atoms with E-state index in [2.05, 4.69) is 11.8 Å². The fourth-order valence-corrected chi connectivity index (χ4v) is 2.98. The van der Waals surface area contributed by atoms with Crippen molar-refractivity contribution in [1.29, 1.82) is 0 Å². The lowest BCUT2D eigenvalue weighted by atomic mass is 9.92. The number of para-hydroxylation sites is 1. The molecule has 0 bridgehead atoms. The quantitative estimate of drug-likeness (QED) is 0.509. The van der Waals surface area contributed by atoms with Gasteiger partial charge in [0.05, 0.1) is 4.92 Å². The lowest BCUT2D eigenvalue weighted by molar-refractivity contribution is -0.384. The van der Waals surface area contributed by atoms with Crippen LogP contribution in [0.15, 0.2) is 18.2 Å². The molecule has 5 nitrogen and oxygen atoms in total. The van der Waals surface area contributed by atoms with Gasteiger partial charge in [0.2, 0.25) is 0 Å². The van der Waals surface area contributed by atoms with Crippen LogP contribution in [0.2, 0.25) is 0 Å². The maximum atomic E-state index is 10.9. The van der Waals surface area contributed by atoms with E-state index in [1.54, 1.807) is 6.07 Å². The summed E-state index contributed by atoms with van der Waals surface area (Å²) >= 11 is 0. The molecule has 0 unspecified atom stereocenters. The van der Waals surface area contributed by atoms with E-state index >= 15 is 0 Å². The number of nitrogens with zero attached hydrogens (tertiary/aromatic N) is 2. The Kier molecular flexibility index (Phi) is 4.95. The summed E-state index contributed by atoms with van der Waals surface area (Å²) in [7, 11) is 0. The SMILES string of the molecule is CCCC1CCN(Cc2cccc([N+](=O)[O-])c2N)CC1. The fraction of sp³-hybridized carbons (Fsp3) is 0.600. The summed E-state index contributed by atoms with van der Waals surface area (Å²) in [5.74, 6) is 0.846. The van der Waals surface area contributed by atoms with Crippen molar-refractivity contribution in [2.24, 2.45) is 5.92 Å². The van der Waals surface area contributed by atoms with E-state index in [1.165, 1.54) is 31.7 Å². The average molecular weight is 277 g/mol. The number of nitrogens with two attached hydrogens (primary N) is 1. The second-order valence-electron chi connectivity index (χ2n) is 5.62. The van der Waals surface area contributed by atoms with E-state index in [0.29, 0.717) is 12.2 Å². The number of anilines is 1. The number of likely N-dealkylation sites (tertiary alicyclic amines) is 1. The first-order chi connectivity index (χ1) is 9.61. The van der Waals surface area contributed by atoms with Gasteiger partial charge in [-0.3, -0.25) is 15.0 Å². The van der Waals surface area contributed by atoms with Gasteiger partial charge in [0.25, 0.3) is 5.69 Å². The van der Waals surface area contributed by atoms with Crippen molar-refractivity contribution < 1.29 is 4.92 Å². The van der Waals surface area contributed by atoms with Crippen LogP contribution in [0.25, 0.3) is 0 Å². The maximum absolute atomic E-state index is 10.9. The van der Waals surface area contributed by atoms with Crippen LogP contribution in [0.4, 0.5) is 11.4 Å². The maximum Gasteiger partial charge on any atom is 0.292 e. The summed E-state index contributed by atoms with van der Waals surface area (Å²) in [5, 5.41) is 10.9. The monoisotopic (exact) mass is 277 g/mol. The summed E-state index contributed by atoms with van der Waals surface area (Å²) in [6, 6.07) is 5.07. The minimum atomic E-state index is -0.410. The molecule has 1 aliphatic heterocycles. The molecule has 2 rings (SSSR count). The van der Waals surface area contributed by atoms with Crippen LogP contribution in [0, 0.1) is 16.0 Å². The molecular weight excluding hydrogens is 254 g/mol. The van der Waals surface area contributed by atoms with Gasteiger partial charge in [0, 0.05) is 12.6 Å². The normalized spacial score (nSPS) is 17.2. The fourth-order valence-electron chi connectivity index (χ4n) is 2.98. The van der Waals surface area contributed by atoms with Gasteiger partial charge in [-0.05, 0) is 37.4 Å². The molecular formula is C15H23N3O2. The molecule has 0 radical (unpaired) electrons. The molecule has 0 spiro atoms. The molecule has 110 valence electrons. The highest BCUT2D eigenvalue weighted by atomic mass is 16.6. The van der Waals surface area contributed by atoms with Gasteiger partial charge in [0.15, 0.2) is 0 Å². The molecule has 0 amide bonds. The molecule has 1 fully saturated rings. The average Bonchev–Trinajstić information content (AvgIpc) is 2.43. The van der Waals surface area contributed by atoms with Crippen LogP contribution in [-0.2, 0) is 6.54 Å². The Labute approximate surface area is 119 Å². The van der Waals surface area contributed by atoms with Crippen molar-refractivity contribution in [3.63, 3.8) is 0 Å². The summed E-state index contributed by atoms with van der Waals surface area (Å²) in [4.78, 5) is 12.8. The first-order valence-electron chi connectivity index (χ1n) is 7.36. The molecule has 1 heterocycles. The molecule has 0 atom stereocenters. The molecule has 0 aromatic heterocycles. The minimum absolute atomic E-state index is 0.0170. The molecule has 2 N–H and O–H groups in total. The van der Waals surface area contributed by atoms with Gasteiger partial charge in [-0.25, -0.2) is 0 Å². The van der Waals surface area contributed by atoms with Gasteiger partial charge < -0.3 is 5.73 Å². The van der Waals surface area contributed by atoms with Gasteiger partial charge >= 0.3 is 0 Å². The predicted octanol–water partition coefficient (Wildman–Crippen LogP) is 3.19. The number of rotatable bonds is 5. The Morgan fingerprint density at radius 3 is 2.70 bits per heavy atom. The number of nitro groups is 1. The molecule has 5 heteroatoms. The first-order valence-corrected chi connectivity index (χ1v) is 7.36. The highest BCUT2D eigenvalue weighted by Gasteiger charge is 2.21. The Bertz CT molecular complexity index is 468. The second-order valence-corrected chi connectivity index (χ2v) is 5.62. The molecule has 20 heavy (non-hydrogen) atoms. The van der Waals surface area contributed by atoms with E-state index in [0.717, 1.165) is 24.6 Å². The summed E-state index contributed by atoms with van der Waals surface area (Å²) < 4.78 is 0. The van der Waals surface area contributed by atoms with Crippen molar-refractivity contribution in [2.45, 2.75) is 39.2 Å². The zero-order valence-electron chi connectivity index (χ0n) is 12.0. The van der Waals surface area contributed by atoms with Crippen LogP contribution in [0.1, 0.15) is 38.2 Å². The number of benzene rings is 1. The summed E-state index contributed by atoms with van der Waals surface area (Å²) in [6.45, 7) is 5.07. The van der Waals surface area contributed by atoms with Crippen LogP contribution in [-0.4, -0.2) is 22.9 Å². The van der Waals surface area contributed by atoms with Crippen molar-refractivity contribution in [3.8, 4) is 0 Å². The Balaban J connectivity index is 1.98. The molecule has 1 aliphatic rings. The van der Waals surface area contributed by atoms with Crippen LogP contribution < -0.4 is 5.73 Å². The largest absolute Gasteiger partial charge is 0.393 e. The number of piperidine rings is 1. The van der Waals surface area contributed by atoms with Crippen LogP contribution >= 0.6 is 0 Å². The Morgan fingerprint density at radius 2 is 2.10 bits per heavy atom. The number of nitrogen functional groups attached to an aromatic ring is 1. The third-order valence-corrected chi connectivity index (χ3v) is 4.17. The van der Waals surface area contributed by atoms with E-state index in [1.807, 2.05) is 6.07 Å². The number of nitro benzene ring substituents is 1. The number of hydrogen-bond donors (Lipinski definition) is 1. The van der Waals surface area contributed by atoms with Gasteiger partial charge in [-0.1, -0.05) is 31.9 Å². The number of hydrogen-bond acceptors (Lipinski definition) is 4. The second kappa shape index (κ2) is 6.70.